The van der Waals surface area contributed by atoms with E-state index in [1.54, 1.807) is 0 Å². The Bertz CT molecular complexity index is 802. The number of phenolic OH excluding ortho intramolecular Hbond substituents is 1. The minimum Gasteiger partial charge on any atom is -0.508 e. The molecule has 1 aliphatic carbocycles. The number of anilines is 1. The monoisotopic (exact) mass is 335 g/mol. The van der Waals surface area contributed by atoms with Gasteiger partial charge in [-0.05, 0) is 53.6 Å². The first-order chi connectivity index (χ1) is 11.8. The molecule has 3 atom stereocenters. The zero-order valence-electron chi connectivity index (χ0n) is 15.9. The summed E-state index contributed by atoms with van der Waals surface area (Å²) >= 11 is 0. The number of nitrogens with two attached hydrogens (primary N) is 1. The largest absolute Gasteiger partial charge is 0.508 e. The molecule has 132 valence electrons. The first-order valence-electron chi connectivity index (χ1n) is 9.21. The Morgan fingerprint density at radius 2 is 1.60 bits per heavy atom. The second-order valence-electron chi connectivity index (χ2n) is 7.84. The predicted octanol–water partition coefficient (Wildman–Crippen LogP) is 6.08. The average molecular weight is 335 g/mol. The van der Waals surface area contributed by atoms with E-state index >= 15 is 0 Å². The van der Waals surface area contributed by atoms with E-state index in [9.17, 15) is 5.11 Å². The van der Waals surface area contributed by atoms with Crippen molar-refractivity contribution in [3.8, 4) is 16.9 Å². The summed E-state index contributed by atoms with van der Waals surface area (Å²) in [6.45, 7) is 11.2. The average Bonchev–Trinajstić information content (AvgIpc) is 2.58. The number of nitrogen functional groups attached to an aromatic ring is 1. The maximum absolute atomic E-state index is 10.7. The number of fused-ring (bicyclic) bond motifs is 1. The van der Waals surface area contributed by atoms with Gasteiger partial charge in [0.1, 0.15) is 5.75 Å². The summed E-state index contributed by atoms with van der Waals surface area (Å²) in [6.07, 6.45) is 2.37. The van der Waals surface area contributed by atoms with Crippen LogP contribution in [0.2, 0.25) is 0 Å². The van der Waals surface area contributed by atoms with Crippen LogP contribution in [0.25, 0.3) is 11.1 Å². The van der Waals surface area contributed by atoms with Crippen LogP contribution in [0.3, 0.4) is 0 Å². The molecule has 3 rings (SSSR count). The fourth-order valence-corrected chi connectivity index (χ4v) is 3.92. The Kier molecular flexibility index (Phi) is 4.64. The number of rotatable bonds is 3. The third-order valence-electron chi connectivity index (χ3n) is 6.00. The number of hydrogen-bond donors (Lipinski definition) is 2. The van der Waals surface area contributed by atoms with E-state index in [0.29, 0.717) is 23.5 Å². The van der Waals surface area contributed by atoms with Gasteiger partial charge in [0.15, 0.2) is 0 Å². The van der Waals surface area contributed by atoms with Crippen LogP contribution < -0.4 is 5.73 Å². The highest BCUT2D eigenvalue weighted by Gasteiger charge is 2.33. The highest BCUT2D eigenvalue weighted by Crippen LogP contribution is 2.49. The van der Waals surface area contributed by atoms with E-state index in [-0.39, 0.29) is 5.92 Å². The van der Waals surface area contributed by atoms with Crippen molar-refractivity contribution in [2.75, 3.05) is 5.73 Å². The van der Waals surface area contributed by atoms with Crippen molar-refractivity contribution in [3.05, 3.63) is 59.2 Å². The van der Waals surface area contributed by atoms with Crippen molar-refractivity contribution in [1.82, 2.24) is 0 Å². The summed E-state index contributed by atoms with van der Waals surface area (Å²) in [7, 11) is 0. The van der Waals surface area contributed by atoms with Crippen LogP contribution in [0.4, 0.5) is 5.69 Å². The fraction of sp³-hybridized carbons (Fsp3) is 0.391. The van der Waals surface area contributed by atoms with E-state index in [4.69, 9.17) is 5.73 Å². The number of phenols is 1. The molecule has 0 radical (unpaired) electrons. The van der Waals surface area contributed by atoms with Gasteiger partial charge >= 0.3 is 0 Å². The van der Waals surface area contributed by atoms with Crippen molar-refractivity contribution < 1.29 is 5.11 Å². The van der Waals surface area contributed by atoms with E-state index < -0.39 is 0 Å². The van der Waals surface area contributed by atoms with Crippen molar-refractivity contribution in [3.63, 3.8) is 0 Å². The molecule has 2 aromatic carbocycles. The molecule has 2 aromatic rings. The summed E-state index contributed by atoms with van der Waals surface area (Å²) in [5.41, 5.74) is 12.7. The Morgan fingerprint density at radius 3 is 2.20 bits per heavy atom. The van der Waals surface area contributed by atoms with Crippen LogP contribution in [-0.4, -0.2) is 5.11 Å². The Labute approximate surface area is 151 Å². The molecule has 0 amide bonds. The number of allylic oxidation sites excluding steroid dienone is 2. The number of hydrogen-bond acceptors (Lipinski definition) is 2. The lowest BCUT2D eigenvalue weighted by Crippen LogP contribution is -2.21. The van der Waals surface area contributed by atoms with Crippen molar-refractivity contribution >= 4 is 5.69 Å². The van der Waals surface area contributed by atoms with Gasteiger partial charge in [0, 0.05) is 23.1 Å². The molecule has 0 heterocycles. The normalized spacial score (nSPS) is 21.0. The van der Waals surface area contributed by atoms with Crippen LogP contribution in [0, 0.1) is 11.8 Å². The maximum Gasteiger partial charge on any atom is 0.119 e. The molecule has 0 saturated heterocycles. The molecule has 25 heavy (non-hydrogen) atoms. The zero-order chi connectivity index (χ0) is 18.3. The lowest BCUT2D eigenvalue weighted by Gasteiger charge is -2.35. The van der Waals surface area contributed by atoms with E-state index in [2.05, 4.69) is 52.8 Å². The molecule has 2 nitrogen and oxygen atoms in total. The van der Waals surface area contributed by atoms with Crippen molar-refractivity contribution in [2.24, 2.45) is 11.8 Å². The van der Waals surface area contributed by atoms with Crippen LogP contribution in [-0.2, 0) is 0 Å². The van der Waals surface area contributed by atoms with E-state index in [1.165, 1.54) is 16.7 Å². The lowest BCUT2D eigenvalue weighted by molar-refractivity contribution is 0.366. The Morgan fingerprint density at radius 1 is 0.960 bits per heavy atom. The van der Waals surface area contributed by atoms with Gasteiger partial charge in [0.2, 0.25) is 0 Å². The van der Waals surface area contributed by atoms with Gasteiger partial charge < -0.3 is 10.8 Å². The van der Waals surface area contributed by atoms with Crippen LogP contribution in [0.15, 0.2) is 48.0 Å². The van der Waals surface area contributed by atoms with E-state index in [1.807, 2.05) is 24.3 Å². The minimum atomic E-state index is 0.250. The second kappa shape index (κ2) is 6.59. The van der Waals surface area contributed by atoms with Crippen molar-refractivity contribution in [1.29, 1.82) is 0 Å². The predicted molar refractivity (Wildman–Crippen MR) is 107 cm³/mol. The number of benzene rings is 2. The summed E-state index contributed by atoms with van der Waals surface area (Å²) in [5, 5.41) is 10.7. The van der Waals surface area contributed by atoms with Crippen LogP contribution >= 0.6 is 0 Å². The van der Waals surface area contributed by atoms with E-state index in [0.717, 1.165) is 16.8 Å². The first kappa shape index (κ1) is 17.6. The Balaban J connectivity index is 2.24. The highest BCUT2D eigenvalue weighted by molar-refractivity contribution is 5.74. The number of aromatic hydroxyl groups is 1. The molecular formula is C23H29NO. The highest BCUT2D eigenvalue weighted by atomic mass is 16.3. The third kappa shape index (κ3) is 3.06. The van der Waals surface area contributed by atoms with Gasteiger partial charge in [-0.2, -0.15) is 0 Å². The van der Waals surface area contributed by atoms with Gasteiger partial charge in [-0.25, -0.2) is 0 Å². The Hall–Kier alpha value is -2.22. The summed E-state index contributed by atoms with van der Waals surface area (Å²) in [5.74, 6) is 1.98. The maximum atomic E-state index is 10.7. The lowest BCUT2D eigenvalue weighted by atomic mass is 9.69. The smallest absolute Gasteiger partial charge is 0.119 e. The standard InChI is InChI=1S/C23H29NO/c1-13(2)15(4)20-12-14(3)16(5)22-19(10-11-21(25)23(20)22)17-6-8-18(24)9-7-17/h6-13,15-16,20,25H,24H2,1-5H3. The van der Waals surface area contributed by atoms with Crippen LogP contribution in [0.1, 0.15) is 57.6 Å². The molecule has 3 N–H and O–H groups in total. The van der Waals surface area contributed by atoms with Crippen molar-refractivity contribution in [2.45, 2.75) is 46.5 Å². The first-order valence-corrected chi connectivity index (χ1v) is 9.21. The molecular weight excluding hydrogens is 306 g/mol. The molecule has 1 aliphatic rings. The molecule has 0 spiro atoms. The quantitative estimate of drug-likeness (QED) is 0.527. The topological polar surface area (TPSA) is 46.2 Å². The van der Waals surface area contributed by atoms with Gasteiger partial charge in [0.25, 0.3) is 0 Å². The zero-order valence-corrected chi connectivity index (χ0v) is 15.9. The van der Waals surface area contributed by atoms with Gasteiger partial charge in [-0.15, -0.1) is 0 Å². The molecule has 0 saturated carbocycles. The molecule has 0 fully saturated rings. The van der Waals surface area contributed by atoms with Gasteiger partial charge in [0.05, 0.1) is 0 Å². The van der Waals surface area contributed by atoms with Gasteiger partial charge in [-0.3, -0.25) is 0 Å². The summed E-state index contributed by atoms with van der Waals surface area (Å²) < 4.78 is 0. The second-order valence-corrected chi connectivity index (χ2v) is 7.84. The molecule has 3 unspecified atom stereocenters. The SMILES string of the molecule is CC1=CC(C(C)C(C)C)c2c(O)ccc(-c3ccc(N)cc3)c2C1C. The summed E-state index contributed by atoms with van der Waals surface area (Å²) in [4.78, 5) is 0. The van der Waals surface area contributed by atoms with Gasteiger partial charge in [-0.1, -0.05) is 57.5 Å². The molecule has 0 aromatic heterocycles. The summed E-state index contributed by atoms with van der Waals surface area (Å²) in [6, 6.07) is 11.9. The molecule has 0 aliphatic heterocycles. The van der Waals surface area contributed by atoms with Crippen LogP contribution in [0.5, 0.6) is 5.75 Å². The fourth-order valence-electron chi connectivity index (χ4n) is 3.92. The minimum absolute atomic E-state index is 0.250. The third-order valence-corrected chi connectivity index (χ3v) is 6.00. The molecule has 0 bridgehead atoms. The molecule has 2 heteroatoms.